The van der Waals surface area contributed by atoms with Crippen molar-refractivity contribution < 1.29 is 23.8 Å². The molecule has 0 saturated heterocycles. The molecule has 2 aromatic rings. The van der Waals surface area contributed by atoms with Crippen LogP contribution in [0.3, 0.4) is 0 Å². The summed E-state index contributed by atoms with van der Waals surface area (Å²) in [6.45, 7) is 6.36. The first-order valence-corrected chi connectivity index (χ1v) is 11.5. The highest BCUT2D eigenvalue weighted by atomic mass is 16.6. The lowest BCUT2D eigenvalue weighted by atomic mass is 9.68. The number of hydrogen-bond acceptors (Lipinski definition) is 6. The smallest absolute Gasteiger partial charge is 0.336 e. The molecule has 0 saturated carbocycles. The van der Waals surface area contributed by atoms with Crippen molar-refractivity contribution in [1.82, 2.24) is 5.32 Å². The van der Waals surface area contributed by atoms with Crippen molar-refractivity contribution in [2.75, 3.05) is 20.3 Å². The number of hydrogen-bond donors (Lipinski definition) is 1. The van der Waals surface area contributed by atoms with Crippen molar-refractivity contribution >= 4 is 11.8 Å². The van der Waals surface area contributed by atoms with Gasteiger partial charge in [-0.2, -0.15) is 0 Å². The molecule has 0 fully saturated rings. The second kappa shape index (κ2) is 9.75. The van der Waals surface area contributed by atoms with Gasteiger partial charge < -0.3 is 19.5 Å². The van der Waals surface area contributed by atoms with Crippen molar-refractivity contribution in [2.45, 2.75) is 39.5 Å². The molecule has 2 aromatic carbocycles. The van der Waals surface area contributed by atoms with E-state index in [1.165, 1.54) is 0 Å². The molecule has 0 amide bonds. The Hall–Kier alpha value is -3.54. The third kappa shape index (κ3) is 4.86. The summed E-state index contributed by atoms with van der Waals surface area (Å²) in [5.74, 6) is 0.356. The molecule has 1 heterocycles. The van der Waals surface area contributed by atoms with E-state index in [0.29, 0.717) is 34.8 Å². The highest BCUT2D eigenvalue weighted by Gasteiger charge is 2.43. The molecule has 0 radical (unpaired) electrons. The van der Waals surface area contributed by atoms with Crippen LogP contribution >= 0.6 is 0 Å². The van der Waals surface area contributed by atoms with Crippen LogP contribution in [0, 0.1) is 5.41 Å². The summed E-state index contributed by atoms with van der Waals surface area (Å²) in [6.07, 6.45) is 1.15. The second-order valence-corrected chi connectivity index (χ2v) is 9.47. The third-order valence-electron chi connectivity index (χ3n) is 6.24. The molecule has 0 spiro atoms. The molecule has 0 unspecified atom stereocenters. The number of ketones is 1. The average molecular weight is 462 g/mol. The highest BCUT2D eigenvalue weighted by molar-refractivity contribution is 6.04. The van der Waals surface area contributed by atoms with Gasteiger partial charge in [-0.3, -0.25) is 4.79 Å². The van der Waals surface area contributed by atoms with E-state index in [2.05, 4.69) is 19.2 Å². The lowest BCUT2D eigenvalue weighted by Gasteiger charge is -2.39. The monoisotopic (exact) mass is 461 g/mol. The van der Waals surface area contributed by atoms with Gasteiger partial charge in [0.05, 0.1) is 18.6 Å². The van der Waals surface area contributed by atoms with Gasteiger partial charge in [-0.05, 0) is 37.0 Å². The fourth-order valence-electron chi connectivity index (χ4n) is 4.81. The summed E-state index contributed by atoms with van der Waals surface area (Å²) in [4.78, 5) is 26.7. The molecule has 6 nitrogen and oxygen atoms in total. The Balaban J connectivity index is 1.63. The molecule has 1 atom stereocenters. The van der Waals surface area contributed by atoms with Gasteiger partial charge in [-0.15, -0.1) is 0 Å². The summed E-state index contributed by atoms with van der Waals surface area (Å²) in [7, 11) is 1.59. The fraction of sp³-hybridized carbons (Fsp3) is 0.357. The maximum atomic E-state index is 13.4. The molecule has 178 valence electrons. The third-order valence-corrected chi connectivity index (χ3v) is 6.24. The Morgan fingerprint density at radius 1 is 1.03 bits per heavy atom. The number of ether oxygens (including phenoxy) is 3. The summed E-state index contributed by atoms with van der Waals surface area (Å²) in [5, 5.41) is 3.35. The van der Waals surface area contributed by atoms with Crippen molar-refractivity contribution in [3.63, 3.8) is 0 Å². The van der Waals surface area contributed by atoms with Crippen LogP contribution in [0.1, 0.15) is 45.1 Å². The van der Waals surface area contributed by atoms with Gasteiger partial charge >= 0.3 is 5.97 Å². The van der Waals surface area contributed by atoms with Crippen LogP contribution in [0.25, 0.3) is 0 Å². The Morgan fingerprint density at radius 3 is 2.47 bits per heavy atom. The molecule has 1 N–H and O–H groups in total. The number of carbonyl (C=O) groups is 2. The zero-order valence-electron chi connectivity index (χ0n) is 20.1. The topological polar surface area (TPSA) is 73.9 Å². The Kier molecular flexibility index (Phi) is 6.77. The SMILES string of the molecule is COc1ccccc1[C@@H]1C(C(=O)OCCOc2ccccc2)=C(C)NC2=C1C(=O)CC(C)(C)C2. The number of methoxy groups -OCH3 is 1. The van der Waals surface area contributed by atoms with Gasteiger partial charge in [0, 0.05) is 29.0 Å². The van der Waals surface area contributed by atoms with Crippen molar-refractivity contribution in [3.05, 3.63) is 82.7 Å². The lowest BCUT2D eigenvalue weighted by molar-refractivity contribution is -0.140. The molecule has 4 rings (SSSR count). The number of esters is 1. The Labute approximate surface area is 200 Å². The summed E-state index contributed by atoms with van der Waals surface area (Å²) < 4.78 is 16.9. The maximum Gasteiger partial charge on any atom is 0.336 e. The first kappa shape index (κ1) is 23.6. The van der Waals surface area contributed by atoms with Gasteiger partial charge in [-0.1, -0.05) is 50.2 Å². The predicted molar refractivity (Wildman–Crippen MR) is 130 cm³/mol. The maximum absolute atomic E-state index is 13.4. The minimum atomic E-state index is -0.557. The van der Waals surface area contributed by atoms with Gasteiger partial charge in [0.15, 0.2) is 5.78 Å². The van der Waals surface area contributed by atoms with E-state index in [1.807, 2.05) is 61.5 Å². The number of allylic oxidation sites excluding steroid dienone is 3. The van der Waals surface area contributed by atoms with Crippen LogP contribution in [0.15, 0.2) is 77.1 Å². The first-order valence-electron chi connectivity index (χ1n) is 11.5. The number of nitrogens with one attached hydrogen (secondary N) is 1. The van der Waals surface area contributed by atoms with Crippen LogP contribution in [0.4, 0.5) is 0 Å². The van der Waals surface area contributed by atoms with E-state index < -0.39 is 11.9 Å². The van der Waals surface area contributed by atoms with Crippen LogP contribution in [-0.2, 0) is 14.3 Å². The van der Waals surface area contributed by atoms with Crippen molar-refractivity contribution in [1.29, 1.82) is 0 Å². The van der Waals surface area contributed by atoms with E-state index in [9.17, 15) is 9.59 Å². The number of dihydropyridines is 1. The van der Waals surface area contributed by atoms with Crippen LogP contribution < -0.4 is 14.8 Å². The molecular formula is C28H31NO5. The van der Waals surface area contributed by atoms with Crippen LogP contribution in [0.5, 0.6) is 11.5 Å². The first-order chi connectivity index (χ1) is 16.3. The zero-order chi connectivity index (χ0) is 24.3. The number of carbonyl (C=O) groups excluding carboxylic acids is 2. The quantitative estimate of drug-likeness (QED) is 0.466. The number of Topliss-reactive ketones (excluding diaryl/α,β-unsaturated/α-hetero) is 1. The fourth-order valence-corrected chi connectivity index (χ4v) is 4.81. The predicted octanol–water partition coefficient (Wildman–Crippen LogP) is 4.92. The van der Waals surface area contributed by atoms with Crippen molar-refractivity contribution in [2.24, 2.45) is 5.41 Å². The van der Waals surface area contributed by atoms with Gasteiger partial charge in [0.25, 0.3) is 0 Å². The molecule has 2 aliphatic rings. The van der Waals surface area contributed by atoms with Gasteiger partial charge in [0.2, 0.25) is 0 Å². The number of benzene rings is 2. The van der Waals surface area contributed by atoms with Crippen LogP contribution in [-0.4, -0.2) is 32.1 Å². The van der Waals surface area contributed by atoms with Gasteiger partial charge in [0.1, 0.15) is 24.7 Å². The summed E-state index contributed by atoms with van der Waals surface area (Å²) in [5.41, 5.74) is 3.24. The van der Waals surface area contributed by atoms with E-state index in [-0.39, 0.29) is 24.4 Å². The van der Waals surface area contributed by atoms with Crippen LogP contribution in [0.2, 0.25) is 0 Å². The minimum Gasteiger partial charge on any atom is -0.496 e. The normalized spacial score (nSPS) is 19.3. The van der Waals surface area contributed by atoms with E-state index >= 15 is 0 Å². The zero-order valence-corrected chi connectivity index (χ0v) is 20.1. The lowest BCUT2D eigenvalue weighted by Crippen LogP contribution is -2.39. The molecule has 34 heavy (non-hydrogen) atoms. The molecule has 0 aromatic heterocycles. The van der Waals surface area contributed by atoms with E-state index in [1.54, 1.807) is 7.11 Å². The Bertz CT molecular complexity index is 1150. The molecule has 1 aliphatic carbocycles. The van der Waals surface area contributed by atoms with Crippen molar-refractivity contribution in [3.8, 4) is 11.5 Å². The number of para-hydroxylation sites is 2. The molecule has 0 bridgehead atoms. The van der Waals surface area contributed by atoms with E-state index in [4.69, 9.17) is 14.2 Å². The average Bonchev–Trinajstić information content (AvgIpc) is 2.80. The largest absolute Gasteiger partial charge is 0.496 e. The molecule has 6 heteroatoms. The summed E-state index contributed by atoms with van der Waals surface area (Å²) in [6, 6.07) is 16.9. The Morgan fingerprint density at radius 2 is 1.74 bits per heavy atom. The minimum absolute atomic E-state index is 0.0415. The second-order valence-electron chi connectivity index (χ2n) is 9.47. The standard InChI is InChI=1S/C28H31NO5/c1-18-24(27(31)34-15-14-33-19-10-6-5-7-11-19)25(20-12-8-9-13-23(20)32-4)26-21(29-18)16-28(2,3)17-22(26)30/h5-13,25,29H,14-17H2,1-4H3/t25-/m1/s1. The molecule has 1 aliphatic heterocycles. The van der Waals surface area contributed by atoms with Gasteiger partial charge in [-0.25, -0.2) is 4.79 Å². The molecular weight excluding hydrogens is 430 g/mol. The van der Waals surface area contributed by atoms with E-state index in [0.717, 1.165) is 17.7 Å². The highest BCUT2D eigenvalue weighted by Crippen LogP contribution is 2.48. The number of rotatable bonds is 7. The summed E-state index contributed by atoms with van der Waals surface area (Å²) >= 11 is 0.